The average Bonchev–Trinajstić information content (AvgIpc) is 3.09. The summed E-state index contributed by atoms with van der Waals surface area (Å²) in [5.41, 5.74) is 2.17. The summed E-state index contributed by atoms with van der Waals surface area (Å²) >= 11 is 5.93. The Labute approximate surface area is 159 Å². The first-order valence-electron chi connectivity index (χ1n) is 9.03. The second-order valence-corrected chi connectivity index (χ2v) is 7.17. The molecule has 1 saturated heterocycles. The monoisotopic (exact) mass is 376 g/mol. The number of nitrogens with zero attached hydrogens (tertiary/aromatic N) is 4. The van der Waals surface area contributed by atoms with E-state index >= 15 is 0 Å². The molecular formula is C19H25ClN4O2. The van der Waals surface area contributed by atoms with Crippen LogP contribution in [0.25, 0.3) is 5.69 Å². The minimum atomic E-state index is -0.746. The summed E-state index contributed by atoms with van der Waals surface area (Å²) in [6, 6.07) is 7.99. The van der Waals surface area contributed by atoms with E-state index in [0.29, 0.717) is 11.1 Å². The largest absolute Gasteiger partial charge is 0.480 e. The third kappa shape index (κ3) is 4.84. The van der Waals surface area contributed by atoms with E-state index in [-0.39, 0.29) is 6.54 Å². The van der Waals surface area contributed by atoms with Gasteiger partial charge in [-0.25, -0.2) is 4.68 Å². The number of likely N-dealkylation sites (N-methyl/N-ethyl adjacent to an activating group) is 1. The number of hydrogen-bond acceptors (Lipinski definition) is 4. The summed E-state index contributed by atoms with van der Waals surface area (Å²) in [6.45, 7) is 5.77. The summed E-state index contributed by atoms with van der Waals surface area (Å²) in [6.07, 6.45) is 5.97. The zero-order chi connectivity index (χ0) is 18.5. The molecule has 1 aromatic heterocycles. The average molecular weight is 377 g/mol. The van der Waals surface area contributed by atoms with Crippen molar-refractivity contribution in [3.05, 3.63) is 47.2 Å². The van der Waals surface area contributed by atoms with E-state index in [0.717, 1.165) is 44.7 Å². The number of carbonyl (C=O) groups is 1. The van der Waals surface area contributed by atoms with Crippen LogP contribution in [0, 0.1) is 0 Å². The molecule has 0 bridgehead atoms. The van der Waals surface area contributed by atoms with Crippen LogP contribution in [0.5, 0.6) is 0 Å². The number of carboxylic acids is 1. The Kier molecular flexibility index (Phi) is 6.29. The molecule has 6 nitrogen and oxygen atoms in total. The standard InChI is InChI=1S/C19H25ClN4O2/c1-2-23(14-19(25)26)17-7-9-22(10-8-17)12-15-11-21-24(13-15)18-5-3-16(20)4-6-18/h3-6,11,13,17H,2,7-10,12,14H2,1H3,(H,25,26). The van der Waals surface area contributed by atoms with Crippen molar-refractivity contribution >= 4 is 17.6 Å². The third-order valence-corrected chi connectivity index (χ3v) is 5.20. The minimum Gasteiger partial charge on any atom is -0.480 e. The van der Waals surface area contributed by atoms with E-state index in [1.165, 1.54) is 5.56 Å². The molecule has 1 aromatic carbocycles. The van der Waals surface area contributed by atoms with Gasteiger partial charge in [-0.15, -0.1) is 0 Å². The lowest BCUT2D eigenvalue weighted by Gasteiger charge is -2.37. The van der Waals surface area contributed by atoms with E-state index in [2.05, 4.69) is 21.1 Å². The van der Waals surface area contributed by atoms with Gasteiger partial charge in [0.05, 0.1) is 18.4 Å². The van der Waals surface area contributed by atoms with Crippen molar-refractivity contribution in [3.63, 3.8) is 0 Å². The van der Waals surface area contributed by atoms with Gasteiger partial charge in [0.2, 0.25) is 0 Å². The molecule has 1 aliphatic rings. The highest BCUT2D eigenvalue weighted by Gasteiger charge is 2.25. The number of piperidine rings is 1. The normalized spacial score (nSPS) is 16.3. The SMILES string of the molecule is CCN(CC(=O)O)C1CCN(Cc2cnn(-c3ccc(Cl)cc3)c2)CC1. The van der Waals surface area contributed by atoms with Crippen molar-refractivity contribution in [2.24, 2.45) is 0 Å². The lowest BCUT2D eigenvalue weighted by molar-refractivity contribution is -0.139. The van der Waals surface area contributed by atoms with Crippen molar-refractivity contribution in [1.29, 1.82) is 0 Å². The van der Waals surface area contributed by atoms with Crippen LogP contribution < -0.4 is 0 Å². The van der Waals surface area contributed by atoms with Gasteiger partial charge in [0.15, 0.2) is 0 Å². The molecule has 7 heteroatoms. The smallest absolute Gasteiger partial charge is 0.317 e. The van der Waals surface area contributed by atoms with E-state index < -0.39 is 5.97 Å². The van der Waals surface area contributed by atoms with E-state index in [4.69, 9.17) is 16.7 Å². The fourth-order valence-electron chi connectivity index (χ4n) is 3.55. The van der Waals surface area contributed by atoms with Gasteiger partial charge in [0.25, 0.3) is 0 Å². The van der Waals surface area contributed by atoms with Gasteiger partial charge >= 0.3 is 5.97 Å². The summed E-state index contributed by atoms with van der Waals surface area (Å²) in [5.74, 6) is -0.746. The molecule has 0 saturated carbocycles. The number of aromatic nitrogens is 2. The van der Waals surface area contributed by atoms with E-state index in [9.17, 15) is 4.79 Å². The Hall–Kier alpha value is -1.89. The zero-order valence-electron chi connectivity index (χ0n) is 15.0. The Morgan fingerprint density at radius 2 is 2.00 bits per heavy atom. The lowest BCUT2D eigenvalue weighted by Crippen LogP contribution is -2.46. The fourth-order valence-corrected chi connectivity index (χ4v) is 3.68. The Morgan fingerprint density at radius 3 is 2.62 bits per heavy atom. The predicted molar refractivity (Wildman–Crippen MR) is 102 cm³/mol. The van der Waals surface area contributed by atoms with E-state index in [1.807, 2.05) is 42.1 Å². The molecule has 2 aromatic rings. The van der Waals surface area contributed by atoms with Crippen LogP contribution in [-0.2, 0) is 11.3 Å². The van der Waals surface area contributed by atoms with Crippen LogP contribution in [0.2, 0.25) is 5.02 Å². The quantitative estimate of drug-likeness (QED) is 0.805. The number of hydrogen-bond donors (Lipinski definition) is 1. The van der Waals surface area contributed by atoms with E-state index in [1.54, 1.807) is 0 Å². The van der Waals surface area contributed by atoms with Gasteiger partial charge < -0.3 is 5.11 Å². The maximum Gasteiger partial charge on any atom is 0.317 e. The molecule has 0 spiro atoms. The van der Waals surface area contributed by atoms with Crippen LogP contribution in [-0.4, -0.2) is 62.9 Å². The molecule has 140 valence electrons. The number of halogens is 1. The number of likely N-dealkylation sites (tertiary alicyclic amines) is 1. The first-order chi connectivity index (χ1) is 12.5. The van der Waals surface area contributed by atoms with Crippen LogP contribution in [0.1, 0.15) is 25.3 Å². The molecule has 0 atom stereocenters. The maximum atomic E-state index is 11.0. The number of aliphatic carboxylic acids is 1. The molecule has 0 aliphatic carbocycles. The highest BCUT2D eigenvalue weighted by Crippen LogP contribution is 2.19. The summed E-state index contributed by atoms with van der Waals surface area (Å²) in [4.78, 5) is 15.5. The molecule has 0 amide bonds. The van der Waals surface area contributed by atoms with Gasteiger partial charge in [-0.2, -0.15) is 5.10 Å². The Balaban J connectivity index is 1.53. The van der Waals surface area contributed by atoms with Gasteiger partial charge in [-0.1, -0.05) is 18.5 Å². The molecule has 2 heterocycles. The van der Waals surface area contributed by atoms with Crippen LogP contribution in [0.15, 0.2) is 36.7 Å². The molecule has 3 rings (SSSR count). The van der Waals surface area contributed by atoms with Gasteiger partial charge in [-0.05, 0) is 56.7 Å². The second-order valence-electron chi connectivity index (χ2n) is 6.73. The van der Waals surface area contributed by atoms with Gasteiger partial charge in [0.1, 0.15) is 0 Å². The van der Waals surface area contributed by atoms with Crippen molar-refractivity contribution in [3.8, 4) is 5.69 Å². The molecule has 0 radical (unpaired) electrons. The molecule has 1 N–H and O–H groups in total. The number of rotatable bonds is 7. The summed E-state index contributed by atoms with van der Waals surface area (Å²) in [5, 5.41) is 14.2. The van der Waals surface area contributed by atoms with Crippen molar-refractivity contribution < 1.29 is 9.90 Å². The highest BCUT2D eigenvalue weighted by molar-refractivity contribution is 6.30. The predicted octanol–water partition coefficient (Wildman–Crippen LogP) is 2.90. The molecular weight excluding hydrogens is 352 g/mol. The first kappa shape index (κ1) is 18.9. The molecule has 1 fully saturated rings. The minimum absolute atomic E-state index is 0.134. The molecule has 26 heavy (non-hydrogen) atoms. The summed E-state index contributed by atoms with van der Waals surface area (Å²) < 4.78 is 1.87. The van der Waals surface area contributed by atoms with Crippen LogP contribution >= 0.6 is 11.6 Å². The van der Waals surface area contributed by atoms with Gasteiger partial charge in [0, 0.05) is 29.4 Å². The number of carboxylic acid groups (broad SMARTS) is 1. The Morgan fingerprint density at radius 1 is 1.31 bits per heavy atom. The molecule has 0 unspecified atom stereocenters. The maximum absolute atomic E-state index is 11.0. The van der Waals surface area contributed by atoms with Crippen LogP contribution in [0.4, 0.5) is 0 Å². The van der Waals surface area contributed by atoms with Crippen molar-refractivity contribution in [1.82, 2.24) is 19.6 Å². The number of benzene rings is 1. The van der Waals surface area contributed by atoms with Crippen LogP contribution in [0.3, 0.4) is 0 Å². The zero-order valence-corrected chi connectivity index (χ0v) is 15.8. The van der Waals surface area contributed by atoms with Gasteiger partial charge in [-0.3, -0.25) is 14.6 Å². The lowest BCUT2D eigenvalue weighted by atomic mass is 10.0. The van der Waals surface area contributed by atoms with Crippen molar-refractivity contribution in [2.75, 3.05) is 26.2 Å². The highest BCUT2D eigenvalue weighted by atomic mass is 35.5. The Bertz CT molecular complexity index is 723. The van der Waals surface area contributed by atoms with Crippen molar-refractivity contribution in [2.45, 2.75) is 32.4 Å². The molecule has 1 aliphatic heterocycles. The summed E-state index contributed by atoms with van der Waals surface area (Å²) in [7, 11) is 0. The first-order valence-corrected chi connectivity index (χ1v) is 9.40. The topological polar surface area (TPSA) is 61.6 Å². The third-order valence-electron chi connectivity index (χ3n) is 4.95. The fraction of sp³-hybridized carbons (Fsp3) is 0.474. The second kappa shape index (κ2) is 8.66.